The molecule has 1 amide bonds. The minimum atomic E-state index is -2.85. The number of rotatable bonds is 7. The molecule has 1 aromatic heterocycles. The first-order valence-corrected chi connectivity index (χ1v) is 9.25. The largest absolute Gasteiger partial charge is 0.435 e. The topological polar surface area (TPSA) is 42.4 Å². The number of aryl methyl sites for hydroxylation is 2. The highest BCUT2D eigenvalue weighted by atomic mass is 32.1. The minimum absolute atomic E-state index is 0.0801. The lowest BCUT2D eigenvalue weighted by atomic mass is 10.1. The molecule has 3 rings (SSSR count). The van der Waals surface area contributed by atoms with Gasteiger partial charge in [0.15, 0.2) is 5.13 Å². The number of anilines is 2. The van der Waals surface area contributed by atoms with Gasteiger partial charge in [0.2, 0.25) is 5.91 Å². The normalized spacial score (nSPS) is 10.8. The number of hydrogen-bond donors (Lipinski definition) is 0. The fourth-order valence-corrected chi connectivity index (χ4v) is 3.42. The maximum Gasteiger partial charge on any atom is 0.387 e. The lowest BCUT2D eigenvalue weighted by Gasteiger charge is -2.20. The number of benzene rings is 2. The molecule has 0 unspecified atom stereocenters. The summed E-state index contributed by atoms with van der Waals surface area (Å²) in [6, 6.07) is 15.7. The van der Waals surface area contributed by atoms with Gasteiger partial charge in [-0.2, -0.15) is 8.78 Å². The second-order valence-electron chi connectivity index (χ2n) is 5.86. The van der Waals surface area contributed by atoms with Crippen molar-refractivity contribution in [1.29, 1.82) is 0 Å². The van der Waals surface area contributed by atoms with E-state index in [1.54, 1.807) is 17.0 Å². The number of halogens is 2. The van der Waals surface area contributed by atoms with Crippen LogP contribution in [0.5, 0.6) is 5.75 Å². The molecule has 0 N–H and O–H groups in total. The van der Waals surface area contributed by atoms with Crippen LogP contribution < -0.4 is 9.64 Å². The number of carbonyl (C=O) groups is 1. The van der Waals surface area contributed by atoms with Crippen LogP contribution in [0.1, 0.15) is 17.7 Å². The van der Waals surface area contributed by atoms with Crippen molar-refractivity contribution in [3.63, 3.8) is 0 Å². The molecule has 2 aromatic carbocycles. The minimum Gasteiger partial charge on any atom is -0.435 e. The summed E-state index contributed by atoms with van der Waals surface area (Å²) in [5.74, 6) is 0.0210. The van der Waals surface area contributed by atoms with E-state index in [1.807, 2.05) is 42.6 Å². The number of hydrogen-bond acceptors (Lipinski definition) is 4. The molecule has 0 aliphatic rings. The summed E-state index contributed by atoms with van der Waals surface area (Å²) in [5.41, 5.74) is 2.49. The number of para-hydroxylation sites is 1. The van der Waals surface area contributed by atoms with Gasteiger partial charge in [0, 0.05) is 11.8 Å². The molecule has 0 aliphatic carbocycles. The lowest BCUT2D eigenvalue weighted by Crippen LogP contribution is -2.26. The number of alkyl halides is 2. The Morgan fingerprint density at radius 2 is 1.85 bits per heavy atom. The number of ether oxygens (including phenoxy) is 1. The highest BCUT2D eigenvalue weighted by molar-refractivity contribution is 7.14. The van der Waals surface area contributed by atoms with Crippen molar-refractivity contribution < 1.29 is 18.3 Å². The highest BCUT2D eigenvalue weighted by Gasteiger charge is 2.20. The van der Waals surface area contributed by atoms with Gasteiger partial charge < -0.3 is 4.74 Å². The van der Waals surface area contributed by atoms with Crippen LogP contribution in [0.3, 0.4) is 0 Å². The summed E-state index contributed by atoms with van der Waals surface area (Å²) in [5, 5.41) is 2.53. The van der Waals surface area contributed by atoms with E-state index in [-0.39, 0.29) is 18.1 Å². The zero-order chi connectivity index (χ0) is 19.2. The van der Waals surface area contributed by atoms with Gasteiger partial charge in [-0.25, -0.2) is 4.98 Å². The van der Waals surface area contributed by atoms with Crippen LogP contribution in [0.2, 0.25) is 0 Å². The van der Waals surface area contributed by atoms with Crippen LogP contribution in [-0.4, -0.2) is 17.5 Å². The Labute approximate surface area is 160 Å². The van der Waals surface area contributed by atoms with E-state index in [2.05, 4.69) is 9.72 Å². The van der Waals surface area contributed by atoms with Crippen LogP contribution in [0.15, 0.2) is 60.0 Å². The van der Waals surface area contributed by atoms with E-state index < -0.39 is 6.61 Å². The van der Waals surface area contributed by atoms with E-state index in [9.17, 15) is 13.6 Å². The Morgan fingerprint density at radius 1 is 1.15 bits per heavy atom. The standard InChI is InChI=1S/C20H18F2N2O2S/c1-14-13-27-20(23-14)24(16-5-3-2-4-6-16)18(25)12-9-15-7-10-17(11-8-15)26-19(21)22/h2-8,10-11,13,19H,9,12H2,1H3. The number of amides is 1. The zero-order valence-electron chi connectivity index (χ0n) is 14.6. The zero-order valence-corrected chi connectivity index (χ0v) is 15.5. The fourth-order valence-electron chi connectivity index (χ4n) is 2.58. The van der Waals surface area contributed by atoms with Gasteiger partial charge >= 0.3 is 6.61 Å². The Kier molecular flexibility index (Phi) is 6.13. The molecule has 27 heavy (non-hydrogen) atoms. The molecule has 7 heteroatoms. The average molecular weight is 388 g/mol. The highest BCUT2D eigenvalue weighted by Crippen LogP contribution is 2.29. The van der Waals surface area contributed by atoms with Gasteiger partial charge in [0.05, 0.1) is 11.4 Å². The molecule has 0 radical (unpaired) electrons. The van der Waals surface area contributed by atoms with Gasteiger partial charge in [-0.05, 0) is 43.2 Å². The third kappa shape index (κ3) is 5.10. The molecule has 140 valence electrons. The molecule has 0 fully saturated rings. The molecule has 0 aliphatic heterocycles. The van der Waals surface area contributed by atoms with Gasteiger partial charge in [-0.1, -0.05) is 30.3 Å². The Hall–Kier alpha value is -2.80. The molecule has 0 saturated heterocycles. The molecule has 0 saturated carbocycles. The molecule has 0 bridgehead atoms. The molecular formula is C20H18F2N2O2S. The molecule has 1 heterocycles. The molecule has 0 atom stereocenters. The van der Waals surface area contributed by atoms with E-state index in [1.165, 1.54) is 23.5 Å². The third-order valence-corrected chi connectivity index (χ3v) is 4.78. The maximum absolute atomic E-state index is 12.9. The Morgan fingerprint density at radius 3 is 2.44 bits per heavy atom. The lowest BCUT2D eigenvalue weighted by molar-refractivity contribution is -0.117. The fraction of sp³-hybridized carbons (Fsp3) is 0.200. The number of carbonyl (C=O) groups excluding carboxylic acids is 1. The molecule has 3 aromatic rings. The van der Waals surface area contributed by atoms with Crippen molar-refractivity contribution >= 4 is 28.1 Å². The quantitative estimate of drug-likeness (QED) is 0.548. The van der Waals surface area contributed by atoms with Crippen LogP contribution in [0.25, 0.3) is 0 Å². The van der Waals surface area contributed by atoms with Crippen LogP contribution >= 0.6 is 11.3 Å². The predicted molar refractivity (Wildman–Crippen MR) is 102 cm³/mol. The summed E-state index contributed by atoms with van der Waals surface area (Å²) in [4.78, 5) is 19.0. The molecular weight excluding hydrogens is 370 g/mol. The van der Waals surface area contributed by atoms with Crippen LogP contribution in [0, 0.1) is 6.92 Å². The summed E-state index contributed by atoms with van der Waals surface area (Å²) >= 11 is 1.42. The van der Waals surface area contributed by atoms with Crippen molar-refractivity contribution in [1.82, 2.24) is 4.98 Å². The van der Waals surface area contributed by atoms with Crippen LogP contribution in [0.4, 0.5) is 19.6 Å². The van der Waals surface area contributed by atoms with Gasteiger partial charge in [0.1, 0.15) is 5.75 Å². The van der Waals surface area contributed by atoms with E-state index in [0.717, 1.165) is 16.9 Å². The van der Waals surface area contributed by atoms with E-state index >= 15 is 0 Å². The molecule has 0 spiro atoms. The molecule has 4 nitrogen and oxygen atoms in total. The van der Waals surface area contributed by atoms with Crippen molar-refractivity contribution in [2.75, 3.05) is 4.90 Å². The number of nitrogens with zero attached hydrogens (tertiary/aromatic N) is 2. The first kappa shape index (κ1) is 19.0. The number of thiazole rings is 1. The van der Waals surface area contributed by atoms with E-state index in [4.69, 9.17) is 0 Å². The first-order valence-electron chi connectivity index (χ1n) is 8.37. The second kappa shape index (κ2) is 8.73. The Bertz CT molecular complexity index is 883. The summed E-state index contributed by atoms with van der Waals surface area (Å²) in [6.07, 6.45) is 0.754. The van der Waals surface area contributed by atoms with Crippen molar-refractivity contribution in [2.24, 2.45) is 0 Å². The summed E-state index contributed by atoms with van der Waals surface area (Å²) in [6.45, 7) is -0.963. The van der Waals surface area contributed by atoms with Crippen molar-refractivity contribution in [3.05, 3.63) is 71.2 Å². The van der Waals surface area contributed by atoms with Gasteiger partial charge in [-0.15, -0.1) is 11.3 Å². The summed E-state index contributed by atoms with van der Waals surface area (Å²) < 4.78 is 28.8. The number of aromatic nitrogens is 1. The summed E-state index contributed by atoms with van der Waals surface area (Å²) in [7, 11) is 0. The average Bonchev–Trinajstić information content (AvgIpc) is 3.07. The van der Waals surface area contributed by atoms with E-state index in [0.29, 0.717) is 11.6 Å². The van der Waals surface area contributed by atoms with Crippen LogP contribution in [-0.2, 0) is 11.2 Å². The third-order valence-electron chi connectivity index (χ3n) is 3.84. The van der Waals surface area contributed by atoms with Crippen molar-refractivity contribution in [2.45, 2.75) is 26.4 Å². The smallest absolute Gasteiger partial charge is 0.387 e. The monoisotopic (exact) mass is 388 g/mol. The Balaban J connectivity index is 1.71. The second-order valence-corrected chi connectivity index (χ2v) is 6.70. The first-order chi connectivity index (χ1) is 13.0. The SMILES string of the molecule is Cc1csc(N(C(=O)CCc2ccc(OC(F)F)cc2)c2ccccc2)n1. The van der Waals surface area contributed by atoms with Gasteiger partial charge in [0.25, 0.3) is 0 Å². The van der Waals surface area contributed by atoms with Crippen molar-refractivity contribution in [3.8, 4) is 5.75 Å². The van der Waals surface area contributed by atoms with Gasteiger partial charge in [-0.3, -0.25) is 9.69 Å². The maximum atomic E-state index is 12.9. The predicted octanol–water partition coefficient (Wildman–Crippen LogP) is 5.35.